The van der Waals surface area contributed by atoms with Crippen molar-refractivity contribution in [2.75, 3.05) is 7.11 Å². The van der Waals surface area contributed by atoms with Crippen molar-refractivity contribution >= 4 is 0 Å². The van der Waals surface area contributed by atoms with E-state index in [0.717, 1.165) is 5.56 Å². The maximum atomic E-state index is 14.1. The Labute approximate surface area is 110 Å². The van der Waals surface area contributed by atoms with Crippen LogP contribution in [0.2, 0.25) is 0 Å². The summed E-state index contributed by atoms with van der Waals surface area (Å²) in [4.78, 5) is 0. The number of hydrogen-bond donors (Lipinski definition) is 1. The first kappa shape index (κ1) is 13.5. The van der Waals surface area contributed by atoms with Crippen molar-refractivity contribution in [2.45, 2.75) is 13.5 Å². The van der Waals surface area contributed by atoms with Gasteiger partial charge < -0.3 is 10.5 Å². The summed E-state index contributed by atoms with van der Waals surface area (Å²) in [7, 11) is 1.37. The summed E-state index contributed by atoms with van der Waals surface area (Å²) >= 11 is 0. The van der Waals surface area contributed by atoms with Crippen molar-refractivity contribution in [3.05, 3.63) is 53.1 Å². The Bertz CT molecular complexity index is 588. The molecular formula is C15H15F2NO. The summed E-state index contributed by atoms with van der Waals surface area (Å²) in [5.74, 6) is -1.16. The number of hydrogen-bond acceptors (Lipinski definition) is 2. The zero-order valence-corrected chi connectivity index (χ0v) is 10.8. The fraction of sp³-hybridized carbons (Fsp3) is 0.200. The molecule has 2 nitrogen and oxygen atoms in total. The molecule has 4 heteroatoms. The van der Waals surface area contributed by atoms with Gasteiger partial charge in [-0.25, -0.2) is 8.78 Å². The SMILES string of the molecule is COc1cc(F)c(-c2cc(C)ccc2CN)c(F)c1. The van der Waals surface area contributed by atoms with Gasteiger partial charge in [-0.3, -0.25) is 0 Å². The smallest absolute Gasteiger partial charge is 0.137 e. The molecule has 19 heavy (non-hydrogen) atoms. The second-order valence-corrected chi connectivity index (χ2v) is 4.33. The first-order valence-corrected chi connectivity index (χ1v) is 5.89. The van der Waals surface area contributed by atoms with Gasteiger partial charge in [-0.05, 0) is 18.1 Å². The van der Waals surface area contributed by atoms with Gasteiger partial charge in [0.2, 0.25) is 0 Å². The van der Waals surface area contributed by atoms with Crippen molar-refractivity contribution in [2.24, 2.45) is 5.73 Å². The van der Waals surface area contributed by atoms with Gasteiger partial charge in [-0.15, -0.1) is 0 Å². The van der Waals surface area contributed by atoms with Crippen LogP contribution < -0.4 is 10.5 Å². The van der Waals surface area contributed by atoms with Gasteiger partial charge in [0.25, 0.3) is 0 Å². The molecule has 0 heterocycles. The molecule has 0 saturated heterocycles. The van der Waals surface area contributed by atoms with Crippen LogP contribution in [0.1, 0.15) is 11.1 Å². The second-order valence-electron chi connectivity index (χ2n) is 4.33. The summed E-state index contributed by atoms with van der Waals surface area (Å²) in [5, 5.41) is 0. The lowest BCUT2D eigenvalue weighted by atomic mass is 9.96. The number of methoxy groups -OCH3 is 1. The van der Waals surface area contributed by atoms with E-state index in [4.69, 9.17) is 10.5 Å². The van der Waals surface area contributed by atoms with E-state index in [-0.39, 0.29) is 17.9 Å². The van der Waals surface area contributed by atoms with Crippen LogP contribution in [0.4, 0.5) is 8.78 Å². The van der Waals surface area contributed by atoms with E-state index in [0.29, 0.717) is 11.1 Å². The lowest BCUT2D eigenvalue weighted by Gasteiger charge is -2.12. The Balaban J connectivity index is 2.68. The Morgan fingerprint density at radius 2 is 1.74 bits per heavy atom. The molecule has 0 unspecified atom stereocenters. The van der Waals surface area contributed by atoms with Crippen molar-refractivity contribution in [1.29, 1.82) is 0 Å². The number of ether oxygens (including phenoxy) is 1. The van der Waals surface area contributed by atoms with Crippen LogP contribution in [0.5, 0.6) is 5.75 Å². The Hall–Kier alpha value is -1.94. The van der Waals surface area contributed by atoms with Gasteiger partial charge in [0.1, 0.15) is 17.4 Å². The molecule has 2 N–H and O–H groups in total. The predicted octanol–water partition coefficient (Wildman–Crippen LogP) is 3.41. The molecule has 0 aliphatic heterocycles. The van der Waals surface area contributed by atoms with Crippen molar-refractivity contribution in [3.8, 4) is 16.9 Å². The van der Waals surface area contributed by atoms with Crippen molar-refractivity contribution in [3.63, 3.8) is 0 Å². The van der Waals surface area contributed by atoms with Crippen molar-refractivity contribution < 1.29 is 13.5 Å². The van der Waals surface area contributed by atoms with Gasteiger partial charge in [0.15, 0.2) is 0 Å². The van der Waals surface area contributed by atoms with Crippen molar-refractivity contribution in [1.82, 2.24) is 0 Å². The molecule has 0 amide bonds. The zero-order chi connectivity index (χ0) is 14.0. The van der Waals surface area contributed by atoms with Gasteiger partial charge >= 0.3 is 0 Å². The van der Waals surface area contributed by atoms with E-state index < -0.39 is 11.6 Å². The zero-order valence-electron chi connectivity index (χ0n) is 10.8. The summed E-state index contributed by atoms with van der Waals surface area (Å²) in [6.45, 7) is 2.09. The van der Waals surface area contributed by atoms with Gasteiger partial charge in [-0.1, -0.05) is 23.8 Å². The minimum Gasteiger partial charge on any atom is -0.497 e. The third-order valence-electron chi connectivity index (χ3n) is 3.01. The minimum absolute atomic E-state index is 0.0649. The molecule has 2 aromatic carbocycles. The van der Waals surface area contributed by atoms with Gasteiger partial charge in [0, 0.05) is 18.7 Å². The highest BCUT2D eigenvalue weighted by Gasteiger charge is 2.16. The maximum Gasteiger partial charge on any atom is 0.137 e. The van der Waals surface area contributed by atoms with Crippen LogP contribution in [-0.2, 0) is 6.54 Å². The monoisotopic (exact) mass is 263 g/mol. The standard InChI is InChI=1S/C15H15F2NO/c1-9-3-4-10(8-18)12(5-9)15-13(16)6-11(19-2)7-14(15)17/h3-7H,8,18H2,1-2H3. The Morgan fingerprint density at radius 1 is 1.11 bits per heavy atom. The third kappa shape index (κ3) is 2.58. The molecule has 0 saturated carbocycles. The number of rotatable bonds is 3. The normalized spacial score (nSPS) is 10.6. The topological polar surface area (TPSA) is 35.2 Å². The fourth-order valence-corrected chi connectivity index (χ4v) is 2.03. The largest absolute Gasteiger partial charge is 0.497 e. The molecule has 0 spiro atoms. The van der Waals surface area contributed by atoms with E-state index in [9.17, 15) is 8.78 Å². The highest BCUT2D eigenvalue weighted by molar-refractivity contribution is 5.70. The molecule has 0 atom stereocenters. The highest BCUT2D eigenvalue weighted by Crippen LogP contribution is 2.32. The number of nitrogens with two attached hydrogens (primary N) is 1. The van der Waals surface area contributed by atoms with Crippen LogP contribution in [0, 0.1) is 18.6 Å². The minimum atomic E-state index is -0.655. The molecule has 2 aromatic rings. The van der Waals surface area contributed by atoms with E-state index in [1.807, 2.05) is 13.0 Å². The van der Waals surface area contributed by atoms with E-state index >= 15 is 0 Å². The highest BCUT2D eigenvalue weighted by atomic mass is 19.1. The molecule has 2 rings (SSSR count). The third-order valence-corrected chi connectivity index (χ3v) is 3.01. The van der Waals surface area contributed by atoms with Crippen LogP contribution in [0.3, 0.4) is 0 Å². The Kier molecular flexibility index (Phi) is 3.81. The van der Waals surface area contributed by atoms with E-state index in [1.165, 1.54) is 19.2 Å². The Morgan fingerprint density at radius 3 is 2.26 bits per heavy atom. The van der Waals surface area contributed by atoms with E-state index in [1.54, 1.807) is 12.1 Å². The summed E-state index contributed by atoms with van der Waals surface area (Å²) in [6, 6.07) is 7.72. The maximum absolute atomic E-state index is 14.1. The number of aryl methyl sites for hydroxylation is 1. The molecule has 0 fully saturated rings. The predicted molar refractivity (Wildman–Crippen MR) is 71.0 cm³/mol. The molecule has 0 aliphatic rings. The fourth-order valence-electron chi connectivity index (χ4n) is 2.03. The summed E-state index contributed by atoms with van der Waals surface area (Å²) < 4.78 is 33.0. The first-order valence-electron chi connectivity index (χ1n) is 5.89. The molecular weight excluding hydrogens is 248 g/mol. The quantitative estimate of drug-likeness (QED) is 0.921. The molecule has 100 valence electrons. The summed E-state index contributed by atoms with van der Waals surface area (Å²) in [6.07, 6.45) is 0. The van der Waals surface area contributed by atoms with Crippen LogP contribution in [0.25, 0.3) is 11.1 Å². The van der Waals surface area contributed by atoms with E-state index in [2.05, 4.69) is 0 Å². The molecule has 0 aromatic heterocycles. The number of benzene rings is 2. The first-order chi connectivity index (χ1) is 9.06. The van der Waals surface area contributed by atoms with Crippen LogP contribution >= 0.6 is 0 Å². The second kappa shape index (κ2) is 5.36. The van der Waals surface area contributed by atoms with Crippen LogP contribution in [0.15, 0.2) is 30.3 Å². The average Bonchev–Trinajstić information content (AvgIpc) is 2.38. The van der Waals surface area contributed by atoms with Gasteiger partial charge in [-0.2, -0.15) is 0 Å². The molecule has 0 radical (unpaired) electrons. The molecule has 0 aliphatic carbocycles. The number of halogens is 2. The molecule has 0 bridgehead atoms. The van der Waals surface area contributed by atoms with Crippen LogP contribution in [-0.4, -0.2) is 7.11 Å². The lowest BCUT2D eigenvalue weighted by molar-refractivity contribution is 0.407. The average molecular weight is 263 g/mol. The van der Waals surface area contributed by atoms with Gasteiger partial charge in [0.05, 0.1) is 12.7 Å². The lowest BCUT2D eigenvalue weighted by Crippen LogP contribution is -2.02. The summed E-state index contributed by atoms with van der Waals surface area (Å²) in [5.41, 5.74) is 7.67.